The van der Waals surface area contributed by atoms with Gasteiger partial charge in [0.25, 0.3) is 5.69 Å². The zero-order chi connectivity index (χ0) is 14.6. The van der Waals surface area contributed by atoms with Crippen LogP contribution in [-0.4, -0.2) is 18.0 Å². The van der Waals surface area contributed by atoms with Gasteiger partial charge in [-0.25, -0.2) is 4.39 Å². The highest BCUT2D eigenvalue weighted by Crippen LogP contribution is 2.30. The molecule has 0 aliphatic heterocycles. The van der Waals surface area contributed by atoms with Crippen LogP contribution >= 0.6 is 0 Å². The van der Waals surface area contributed by atoms with Gasteiger partial charge in [-0.3, -0.25) is 10.1 Å². The minimum atomic E-state index is -0.579. The van der Waals surface area contributed by atoms with E-state index in [4.69, 9.17) is 0 Å². The summed E-state index contributed by atoms with van der Waals surface area (Å²) in [7, 11) is 0. The highest BCUT2D eigenvalue weighted by atomic mass is 19.1. The number of nitro benzene ring substituents is 1. The van der Waals surface area contributed by atoms with Crippen LogP contribution in [0.25, 0.3) is 0 Å². The van der Waals surface area contributed by atoms with E-state index in [9.17, 15) is 14.5 Å². The lowest BCUT2D eigenvalue weighted by molar-refractivity contribution is -0.384. The smallest absolute Gasteiger partial charge is 0.295 e. The standard InChI is InChI=1S/C14H21FN2O2/c1-10(2)8-16(9-11(3)4)13-6-5-12(15)7-14(13)17(18)19/h5-7,10-11H,8-9H2,1-4H3. The van der Waals surface area contributed by atoms with Gasteiger partial charge in [0.1, 0.15) is 11.5 Å². The van der Waals surface area contributed by atoms with Crippen LogP contribution in [0.4, 0.5) is 15.8 Å². The van der Waals surface area contributed by atoms with E-state index in [1.807, 2.05) is 4.90 Å². The Labute approximate surface area is 113 Å². The van der Waals surface area contributed by atoms with E-state index in [2.05, 4.69) is 27.7 Å². The summed E-state index contributed by atoms with van der Waals surface area (Å²) in [6.45, 7) is 9.66. The van der Waals surface area contributed by atoms with Crippen molar-refractivity contribution in [2.75, 3.05) is 18.0 Å². The van der Waals surface area contributed by atoms with Crippen LogP contribution in [-0.2, 0) is 0 Å². The normalized spacial score (nSPS) is 11.1. The van der Waals surface area contributed by atoms with Crippen molar-refractivity contribution in [2.24, 2.45) is 11.8 Å². The third-order valence-electron chi connectivity index (χ3n) is 2.65. The molecule has 0 aromatic heterocycles. The molecule has 0 N–H and O–H groups in total. The average Bonchev–Trinajstić information content (AvgIpc) is 2.26. The van der Waals surface area contributed by atoms with Gasteiger partial charge in [-0.15, -0.1) is 0 Å². The molecule has 106 valence electrons. The SMILES string of the molecule is CC(C)CN(CC(C)C)c1ccc(F)cc1[N+](=O)[O-]. The maximum absolute atomic E-state index is 13.2. The summed E-state index contributed by atoms with van der Waals surface area (Å²) in [4.78, 5) is 12.5. The van der Waals surface area contributed by atoms with E-state index in [0.29, 0.717) is 30.6 Å². The molecule has 1 aromatic rings. The number of rotatable bonds is 6. The largest absolute Gasteiger partial charge is 0.365 e. The molecular weight excluding hydrogens is 247 g/mol. The highest BCUT2D eigenvalue weighted by Gasteiger charge is 2.21. The maximum atomic E-state index is 13.2. The molecule has 0 spiro atoms. The van der Waals surface area contributed by atoms with E-state index in [-0.39, 0.29) is 5.69 Å². The fourth-order valence-corrected chi connectivity index (χ4v) is 2.06. The first-order chi connectivity index (χ1) is 8.81. The van der Waals surface area contributed by atoms with Crippen LogP contribution in [0.3, 0.4) is 0 Å². The average molecular weight is 268 g/mol. The molecule has 0 aliphatic rings. The van der Waals surface area contributed by atoms with Crippen LogP contribution in [0, 0.1) is 27.8 Å². The minimum Gasteiger partial charge on any atom is -0.365 e. The molecule has 0 atom stereocenters. The molecule has 0 aliphatic carbocycles. The van der Waals surface area contributed by atoms with Crippen LogP contribution in [0.2, 0.25) is 0 Å². The molecule has 0 amide bonds. The van der Waals surface area contributed by atoms with Gasteiger partial charge in [-0.05, 0) is 24.0 Å². The predicted octanol–water partition coefficient (Wildman–Crippen LogP) is 3.85. The van der Waals surface area contributed by atoms with Crippen LogP contribution in [0.1, 0.15) is 27.7 Å². The Morgan fingerprint density at radius 1 is 1.21 bits per heavy atom. The fourth-order valence-electron chi connectivity index (χ4n) is 2.06. The number of hydrogen-bond acceptors (Lipinski definition) is 3. The first-order valence-corrected chi connectivity index (χ1v) is 6.50. The minimum absolute atomic E-state index is 0.165. The maximum Gasteiger partial charge on any atom is 0.295 e. The molecule has 4 nitrogen and oxygen atoms in total. The second-order valence-corrected chi connectivity index (χ2v) is 5.58. The monoisotopic (exact) mass is 268 g/mol. The second-order valence-electron chi connectivity index (χ2n) is 5.58. The second kappa shape index (κ2) is 6.50. The van der Waals surface area contributed by atoms with Crippen molar-refractivity contribution >= 4 is 11.4 Å². The first kappa shape index (κ1) is 15.4. The molecule has 0 bridgehead atoms. The number of nitro groups is 1. The van der Waals surface area contributed by atoms with Crippen LogP contribution in [0.15, 0.2) is 18.2 Å². The highest BCUT2D eigenvalue weighted by molar-refractivity contribution is 5.63. The summed E-state index contributed by atoms with van der Waals surface area (Å²) in [5, 5.41) is 11.1. The fraction of sp³-hybridized carbons (Fsp3) is 0.571. The van der Waals surface area contributed by atoms with Crippen molar-refractivity contribution in [1.29, 1.82) is 0 Å². The Kier molecular flexibility index (Phi) is 5.27. The zero-order valence-corrected chi connectivity index (χ0v) is 11.9. The Balaban J connectivity index is 3.16. The summed E-state index contributed by atoms with van der Waals surface area (Å²) in [6.07, 6.45) is 0. The van der Waals surface area contributed by atoms with Gasteiger partial charge in [0, 0.05) is 13.1 Å². The van der Waals surface area contributed by atoms with Gasteiger partial charge >= 0.3 is 0 Å². The molecule has 0 fully saturated rings. The van der Waals surface area contributed by atoms with E-state index in [0.717, 1.165) is 6.07 Å². The lowest BCUT2D eigenvalue weighted by atomic mass is 10.1. The molecule has 1 rings (SSSR count). The first-order valence-electron chi connectivity index (χ1n) is 6.50. The molecule has 0 radical (unpaired) electrons. The number of hydrogen-bond donors (Lipinski definition) is 0. The topological polar surface area (TPSA) is 46.4 Å². The molecular formula is C14H21FN2O2. The molecule has 5 heteroatoms. The lowest BCUT2D eigenvalue weighted by Gasteiger charge is -2.28. The Hall–Kier alpha value is -1.65. The van der Waals surface area contributed by atoms with Gasteiger partial charge in [-0.1, -0.05) is 27.7 Å². The van der Waals surface area contributed by atoms with Crippen molar-refractivity contribution in [3.63, 3.8) is 0 Å². The third kappa shape index (κ3) is 4.50. The lowest BCUT2D eigenvalue weighted by Crippen LogP contribution is -2.31. The molecule has 0 saturated heterocycles. The van der Waals surface area contributed by atoms with E-state index >= 15 is 0 Å². The quantitative estimate of drug-likeness (QED) is 0.581. The number of anilines is 1. The third-order valence-corrected chi connectivity index (χ3v) is 2.65. The summed E-state index contributed by atoms with van der Waals surface area (Å²) in [6, 6.07) is 3.76. The summed E-state index contributed by atoms with van der Waals surface area (Å²) < 4.78 is 13.2. The van der Waals surface area contributed by atoms with E-state index in [1.54, 1.807) is 0 Å². The number of halogens is 1. The van der Waals surface area contributed by atoms with Crippen LogP contribution in [0.5, 0.6) is 0 Å². The van der Waals surface area contributed by atoms with Gasteiger partial charge in [0.2, 0.25) is 0 Å². The van der Waals surface area contributed by atoms with E-state index < -0.39 is 10.7 Å². The van der Waals surface area contributed by atoms with Gasteiger partial charge in [-0.2, -0.15) is 0 Å². The van der Waals surface area contributed by atoms with Crippen molar-refractivity contribution < 1.29 is 9.31 Å². The van der Waals surface area contributed by atoms with Gasteiger partial charge in [0.15, 0.2) is 0 Å². The van der Waals surface area contributed by atoms with Crippen molar-refractivity contribution in [2.45, 2.75) is 27.7 Å². The summed E-state index contributed by atoms with van der Waals surface area (Å²) in [5.41, 5.74) is 0.329. The van der Waals surface area contributed by atoms with Crippen molar-refractivity contribution in [1.82, 2.24) is 0 Å². The van der Waals surface area contributed by atoms with Gasteiger partial charge in [0.05, 0.1) is 11.0 Å². The molecule has 0 unspecified atom stereocenters. The molecule has 19 heavy (non-hydrogen) atoms. The van der Waals surface area contributed by atoms with Gasteiger partial charge < -0.3 is 4.90 Å². The molecule has 0 heterocycles. The van der Waals surface area contributed by atoms with Crippen LogP contribution < -0.4 is 4.90 Å². The van der Waals surface area contributed by atoms with E-state index in [1.165, 1.54) is 12.1 Å². The summed E-state index contributed by atoms with van der Waals surface area (Å²) >= 11 is 0. The van der Waals surface area contributed by atoms with Crippen molar-refractivity contribution in [3.8, 4) is 0 Å². The Bertz CT molecular complexity index is 437. The Morgan fingerprint density at radius 2 is 1.74 bits per heavy atom. The zero-order valence-electron chi connectivity index (χ0n) is 11.9. The molecule has 0 saturated carbocycles. The Morgan fingerprint density at radius 3 is 2.16 bits per heavy atom. The summed E-state index contributed by atoms with van der Waals surface area (Å²) in [5.74, 6) is 0.177. The predicted molar refractivity (Wildman–Crippen MR) is 74.9 cm³/mol. The number of nitrogens with zero attached hydrogens (tertiary/aromatic N) is 2. The number of benzene rings is 1. The molecule has 1 aromatic carbocycles. The van der Waals surface area contributed by atoms with Crippen molar-refractivity contribution in [3.05, 3.63) is 34.1 Å².